The Morgan fingerprint density at radius 3 is 2.29 bits per heavy atom. The lowest BCUT2D eigenvalue weighted by Gasteiger charge is -2.36. The first-order valence-corrected chi connectivity index (χ1v) is 8.97. The fraction of sp³-hybridized carbons (Fsp3) is 0.588. The van der Waals surface area contributed by atoms with Crippen LogP contribution in [-0.4, -0.2) is 32.9 Å². The van der Waals surface area contributed by atoms with Crippen LogP contribution >= 0.6 is 24.4 Å². The Hall–Kier alpha value is -1.47. The summed E-state index contributed by atoms with van der Waals surface area (Å²) in [6.45, 7) is 11.6. The molecule has 24 heavy (non-hydrogen) atoms. The molecule has 2 rings (SSSR count). The smallest absolute Gasteiger partial charge is 0.242 e. The topological polar surface area (TPSA) is 47.6 Å². The van der Waals surface area contributed by atoms with Gasteiger partial charge < -0.3 is 5.43 Å². The van der Waals surface area contributed by atoms with Gasteiger partial charge in [-0.1, -0.05) is 44.5 Å². The number of thiocarbonyl (C=S) groups is 2. The lowest BCUT2D eigenvalue weighted by Crippen LogP contribution is -2.47. The van der Waals surface area contributed by atoms with E-state index in [-0.39, 0.29) is 11.3 Å². The lowest BCUT2D eigenvalue weighted by molar-refractivity contribution is -0.135. The summed E-state index contributed by atoms with van der Waals surface area (Å²) in [7, 11) is 1.81. The van der Waals surface area contributed by atoms with Crippen molar-refractivity contribution in [2.45, 2.75) is 46.0 Å². The second-order valence-electron chi connectivity index (χ2n) is 6.96. The number of nitrogens with one attached hydrogen (secondary N) is 2. The Kier molecular flexibility index (Phi) is 5.65. The highest BCUT2D eigenvalue weighted by molar-refractivity contribution is 7.80. The van der Waals surface area contributed by atoms with Crippen LogP contribution in [0.2, 0.25) is 0 Å². The summed E-state index contributed by atoms with van der Waals surface area (Å²) >= 11 is 10.8. The first-order chi connectivity index (χ1) is 11.2. The van der Waals surface area contributed by atoms with Gasteiger partial charge in [-0.15, -0.1) is 0 Å². The largest absolute Gasteiger partial charge is 0.305 e. The molecule has 5 nitrogen and oxygen atoms in total. The molecule has 2 aliphatic carbocycles. The van der Waals surface area contributed by atoms with E-state index in [2.05, 4.69) is 30.9 Å². The maximum absolute atomic E-state index is 12.1. The second kappa shape index (κ2) is 7.19. The van der Waals surface area contributed by atoms with Gasteiger partial charge in [-0.2, -0.15) is 0 Å². The molecular formula is C17H26N4OS2. The molecule has 2 saturated carbocycles. The minimum Gasteiger partial charge on any atom is -0.305 e. The van der Waals surface area contributed by atoms with E-state index in [0.29, 0.717) is 23.7 Å². The van der Waals surface area contributed by atoms with E-state index in [9.17, 15) is 4.79 Å². The maximum atomic E-state index is 12.1. The van der Waals surface area contributed by atoms with Crippen LogP contribution in [0.1, 0.15) is 46.0 Å². The number of carbonyl (C=O) groups is 1. The van der Waals surface area contributed by atoms with Gasteiger partial charge in [0.1, 0.15) is 4.99 Å². The summed E-state index contributed by atoms with van der Waals surface area (Å²) < 4.78 is 0. The van der Waals surface area contributed by atoms with E-state index in [0.717, 1.165) is 35.7 Å². The average Bonchev–Trinajstić information content (AvgIpc) is 3.39. The van der Waals surface area contributed by atoms with Crippen molar-refractivity contribution in [3.05, 3.63) is 24.6 Å². The number of amides is 1. The summed E-state index contributed by atoms with van der Waals surface area (Å²) in [5, 5.41) is 3.26. The highest BCUT2D eigenvalue weighted by Crippen LogP contribution is 2.47. The third-order valence-electron chi connectivity index (χ3n) is 4.44. The van der Waals surface area contributed by atoms with Crippen LogP contribution < -0.4 is 10.9 Å². The van der Waals surface area contributed by atoms with Crippen LogP contribution in [0.3, 0.4) is 0 Å². The Labute approximate surface area is 155 Å². The van der Waals surface area contributed by atoms with Crippen LogP contribution in [-0.2, 0) is 4.79 Å². The first kappa shape index (κ1) is 18.9. The van der Waals surface area contributed by atoms with Crippen molar-refractivity contribution in [1.82, 2.24) is 20.9 Å². The predicted molar refractivity (Wildman–Crippen MR) is 105 cm³/mol. The zero-order valence-corrected chi connectivity index (χ0v) is 16.3. The number of hydrogen-bond acceptors (Lipinski definition) is 4. The van der Waals surface area contributed by atoms with Gasteiger partial charge in [0.25, 0.3) is 0 Å². The average molecular weight is 367 g/mol. The summed E-state index contributed by atoms with van der Waals surface area (Å²) in [5.41, 5.74) is 7.34. The number of nitrogens with zero attached hydrogens (tertiary/aromatic N) is 2. The molecule has 0 atom stereocenters. The monoisotopic (exact) mass is 366 g/mol. The van der Waals surface area contributed by atoms with Crippen molar-refractivity contribution in [2.75, 3.05) is 7.05 Å². The molecule has 0 saturated heterocycles. The SMILES string of the molecule is C=C(CC(=C)N(C(C)=O)N(C)C(=S)C1(C)CC1)NNC(=S)C1CC1. The maximum Gasteiger partial charge on any atom is 0.242 e. The molecule has 0 spiro atoms. The highest BCUT2D eigenvalue weighted by Gasteiger charge is 2.44. The van der Waals surface area contributed by atoms with E-state index in [1.165, 1.54) is 11.9 Å². The molecular weight excluding hydrogens is 340 g/mol. The third-order valence-corrected chi connectivity index (χ3v) is 5.63. The molecule has 0 aromatic heterocycles. The van der Waals surface area contributed by atoms with Crippen molar-refractivity contribution in [1.29, 1.82) is 0 Å². The number of carbonyl (C=O) groups excluding carboxylic acids is 1. The van der Waals surface area contributed by atoms with Crippen LogP contribution in [0.15, 0.2) is 24.6 Å². The molecule has 0 aliphatic heterocycles. The number of rotatable bonds is 7. The summed E-state index contributed by atoms with van der Waals surface area (Å²) in [6, 6.07) is 0. The van der Waals surface area contributed by atoms with Gasteiger partial charge in [0, 0.05) is 43.1 Å². The first-order valence-electron chi connectivity index (χ1n) is 8.16. The summed E-state index contributed by atoms with van der Waals surface area (Å²) in [6.07, 6.45) is 4.83. The van der Waals surface area contributed by atoms with Crippen LogP contribution in [0, 0.1) is 11.3 Å². The highest BCUT2D eigenvalue weighted by atomic mass is 32.1. The van der Waals surface area contributed by atoms with Gasteiger partial charge in [-0.05, 0) is 25.7 Å². The molecule has 2 aliphatic rings. The normalized spacial score (nSPS) is 17.5. The zero-order valence-electron chi connectivity index (χ0n) is 14.6. The molecule has 132 valence electrons. The van der Waals surface area contributed by atoms with Crippen molar-refractivity contribution in [3.63, 3.8) is 0 Å². The quantitative estimate of drug-likeness (QED) is 0.533. The van der Waals surface area contributed by atoms with Crippen molar-refractivity contribution < 1.29 is 4.79 Å². The minimum atomic E-state index is -0.122. The second-order valence-corrected chi connectivity index (χ2v) is 7.78. The molecule has 0 radical (unpaired) electrons. The fourth-order valence-electron chi connectivity index (χ4n) is 2.49. The Bertz CT molecular complexity index is 593. The standard InChI is InChI=1S/C17H26N4OS2/c1-11(18-19-15(23)14-6-7-14)10-12(2)21(13(3)22)20(5)16(24)17(4)8-9-17/h14,18H,1-2,6-10H2,3-5H3,(H,19,23). The van der Waals surface area contributed by atoms with Crippen molar-refractivity contribution >= 4 is 40.3 Å². The molecule has 7 heteroatoms. The number of hydrazine groups is 2. The van der Waals surface area contributed by atoms with Crippen LogP contribution in [0.25, 0.3) is 0 Å². The fourth-order valence-corrected chi connectivity index (χ4v) is 3.06. The molecule has 0 unspecified atom stereocenters. The van der Waals surface area contributed by atoms with Gasteiger partial charge in [0.05, 0.1) is 4.99 Å². The van der Waals surface area contributed by atoms with E-state index in [1.807, 2.05) is 7.05 Å². The lowest BCUT2D eigenvalue weighted by atomic mass is 10.1. The third kappa shape index (κ3) is 4.54. The van der Waals surface area contributed by atoms with E-state index < -0.39 is 0 Å². The van der Waals surface area contributed by atoms with E-state index >= 15 is 0 Å². The molecule has 2 N–H and O–H groups in total. The van der Waals surface area contributed by atoms with Gasteiger partial charge in [-0.25, -0.2) is 5.01 Å². The van der Waals surface area contributed by atoms with Crippen molar-refractivity contribution in [2.24, 2.45) is 11.3 Å². The summed E-state index contributed by atoms with van der Waals surface area (Å²) in [5.74, 6) is 0.364. The predicted octanol–water partition coefficient (Wildman–Crippen LogP) is 3.06. The van der Waals surface area contributed by atoms with Gasteiger partial charge in [0.2, 0.25) is 5.91 Å². The zero-order chi connectivity index (χ0) is 18.1. The van der Waals surface area contributed by atoms with Gasteiger partial charge in [-0.3, -0.25) is 15.2 Å². The van der Waals surface area contributed by atoms with E-state index in [4.69, 9.17) is 24.4 Å². The molecule has 0 aromatic rings. The van der Waals surface area contributed by atoms with Gasteiger partial charge >= 0.3 is 0 Å². The Morgan fingerprint density at radius 1 is 1.25 bits per heavy atom. The molecule has 2 fully saturated rings. The van der Waals surface area contributed by atoms with Crippen LogP contribution in [0.5, 0.6) is 0 Å². The molecule has 0 bridgehead atoms. The molecule has 0 aromatic carbocycles. The number of hydrogen-bond donors (Lipinski definition) is 2. The molecule has 0 heterocycles. The summed E-state index contributed by atoms with van der Waals surface area (Å²) in [4.78, 5) is 13.7. The van der Waals surface area contributed by atoms with Crippen molar-refractivity contribution in [3.8, 4) is 0 Å². The minimum absolute atomic E-state index is 0.0192. The Morgan fingerprint density at radius 2 is 1.83 bits per heavy atom. The Balaban J connectivity index is 1.90. The van der Waals surface area contributed by atoms with Crippen LogP contribution in [0.4, 0.5) is 0 Å². The molecule has 1 amide bonds. The van der Waals surface area contributed by atoms with E-state index in [1.54, 1.807) is 5.01 Å². The van der Waals surface area contributed by atoms with Gasteiger partial charge in [0.15, 0.2) is 0 Å².